The maximum atomic E-state index is 12.6. The molecule has 7 heteroatoms. The Kier molecular flexibility index (Phi) is 9.99. The maximum Gasteiger partial charge on any atom is 0.239 e. The summed E-state index contributed by atoms with van der Waals surface area (Å²) in [5.74, 6) is 0.682. The van der Waals surface area contributed by atoms with Crippen LogP contribution in [0.1, 0.15) is 38.7 Å². The lowest BCUT2D eigenvalue weighted by molar-refractivity contribution is -0.133. The molecule has 0 spiro atoms. The van der Waals surface area contributed by atoms with Crippen molar-refractivity contribution in [3.63, 3.8) is 0 Å². The van der Waals surface area contributed by atoms with Crippen molar-refractivity contribution in [2.45, 2.75) is 45.8 Å². The quantitative estimate of drug-likeness (QED) is 0.704. The van der Waals surface area contributed by atoms with Crippen molar-refractivity contribution in [3.05, 3.63) is 34.9 Å². The van der Waals surface area contributed by atoms with E-state index < -0.39 is 0 Å². The highest BCUT2D eigenvalue weighted by Gasteiger charge is 2.26. The van der Waals surface area contributed by atoms with Crippen LogP contribution < -0.4 is 5.32 Å². The SMILES string of the molecule is CNC(CC(C)C)C(=O)N1CCC(=NOCc2ccc(Cl)cc2)CC1.Cl. The summed E-state index contributed by atoms with van der Waals surface area (Å²) in [5.41, 5.74) is 2.05. The van der Waals surface area contributed by atoms with Crippen LogP contribution in [0.2, 0.25) is 5.02 Å². The van der Waals surface area contributed by atoms with Crippen molar-refractivity contribution in [3.8, 4) is 0 Å². The molecule has 1 aromatic rings. The van der Waals surface area contributed by atoms with Gasteiger partial charge in [0.1, 0.15) is 6.61 Å². The highest BCUT2D eigenvalue weighted by Crippen LogP contribution is 2.14. The van der Waals surface area contributed by atoms with Gasteiger partial charge in [0.05, 0.1) is 11.8 Å². The number of nitrogens with zero attached hydrogens (tertiary/aromatic N) is 2. The van der Waals surface area contributed by atoms with Crippen molar-refractivity contribution >= 4 is 35.6 Å². The molecule has 0 aromatic heterocycles. The predicted molar refractivity (Wildman–Crippen MR) is 109 cm³/mol. The van der Waals surface area contributed by atoms with Crippen LogP contribution >= 0.6 is 24.0 Å². The Bertz CT molecular complexity index is 581. The number of benzene rings is 1. The largest absolute Gasteiger partial charge is 0.391 e. The summed E-state index contributed by atoms with van der Waals surface area (Å²) in [5, 5.41) is 8.09. The molecule has 1 amide bonds. The van der Waals surface area contributed by atoms with Crippen LogP contribution in [0.15, 0.2) is 29.4 Å². The molecule has 1 N–H and O–H groups in total. The Morgan fingerprint density at radius 1 is 1.27 bits per heavy atom. The monoisotopic (exact) mass is 401 g/mol. The third-order valence-corrected chi connectivity index (χ3v) is 4.60. The Hall–Kier alpha value is -1.30. The summed E-state index contributed by atoms with van der Waals surface area (Å²) in [4.78, 5) is 20.0. The van der Waals surface area contributed by atoms with Gasteiger partial charge in [0.2, 0.25) is 5.91 Å². The van der Waals surface area contributed by atoms with Crippen LogP contribution in [0.3, 0.4) is 0 Å². The average Bonchev–Trinajstić information content (AvgIpc) is 2.61. The highest BCUT2D eigenvalue weighted by molar-refractivity contribution is 6.30. The van der Waals surface area contributed by atoms with Crippen molar-refractivity contribution in [2.75, 3.05) is 20.1 Å². The van der Waals surface area contributed by atoms with E-state index in [0.29, 0.717) is 30.6 Å². The van der Waals surface area contributed by atoms with Gasteiger partial charge in [0.15, 0.2) is 0 Å². The van der Waals surface area contributed by atoms with Gasteiger partial charge in [-0.3, -0.25) is 4.79 Å². The van der Waals surface area contributed by atoms with Crippen molar-refractivity contribution < 1.29 is 9.63 Å². The molecule has 1 aromatic carbocycles. The fourth-order valence-corrected chi connectivity index (χ4v) is 3.02. The fraction of sp³-hybridized carbons (Fsp3) is 0.579. The van der Waals surface area contributed by atoms with Crippen molar-refractivity contribution in [2.24, 2.45) is 11.1 Å². The molecule has 1 aliphatic rings. The number of nitrogens with one attached hydrogen (secondary N) is 1. The maximum absolute atomic E-state index is 12.6. The number of rotatable bonds is 7. The second-order valence-electron chi connectivity index (χ2n) is 6.85. The first kappa shape index (κ1) is 22.7. The zero-order valence-corrected chi connectivity index (χ0v) is 17.3. The summed E-state index contributed by atoms with van der Waals surface area (Å²) < 4.78 is 0. The van der Waals surface area contributed by atoms with Gasteiger partial charge in [-0.25, -0.2) is 0 Å². The molecule has 1 aliphatic heterocycles. The molecule has 1 atom stereocenters. The summed E-state index contributed by atoms with van der Waals surface area (Å²) in [7, 11) is 1.85. The van der Waals surface area contributed by atoms with Crippen LogP contribution in [-0.2, 0) is 16.2 Å². The Labute approximate surface area is 167 Å². The number of hydrogen-bond acceptors (Lipinski definition) is 4. The zero-order valence-electron chi connectivity index (χ0n) is 15.7. The third-order valence-electron chi connectivity index (χ3n) is 4.34. The van der Waals surface area contributed by atoms with Crippen LogP contribution in [0, 0.1) is 5.92 Å². The van der Waals surface area contributed by atoms with Crippen LogP contribution in [0.4, 0.5) is 0 Å². The Morgan fingerprint density at radius 2 is 1.88 bits per heavy atom. The normalized spacial score (nSPS) is 15.4. The summed E-state index contributed by atoms with van der Waals surface area (Å²) in [6, 6.07) is 7.44. The third kappa shape index (κ3) is 7.14. The van der Waals surface area contributed by atoms with Crippen LogP contribution in [0.25, 0.3) is 0 Å². The van der Waals surface area contributed by atoms with Crippen molar-refractivity contribution in [1.29, 1.82) is 0 Å². The molecule has 5 nitrogen and oxygen atoms in total. The molecule has 0 radical (unpaired) electrons. The molecule has 2 rings (SSSR count). The van der Waals surface area contributed by atoms with E-state index in [2.05, 4.69) is 24.3 Å². The van der Waals surface area contributed by atoms with Gasteiger partial charge >= 0.3 is 0 Å². The molecule has 146 valence electrons. The summed E-state index contributed by atoms with van der Waals surface area (Å²) in [6.07, 6.45) is 2.39. The van der Waals surface area contributed by atoms with Gasteiger partial charge in [-0.15, -0.1) is 12.4 Å². The van der Waals surface area contributed by atoms with E-state index in [0.717, 1.165) is 30.5 Å². The van der Waals surface area contributed by atoms with Crippen LogP contribution in [0.5, 0.6) is 0 Å². The molecule has 1 saturated heterocycles. The minimum Gasteiger partial charge on any atom is -0.391 e. The number of hydrogen-bond donors (Lipinski definition) is 1. The van der Waals surface area contributed by atoms with E-state index in [1.807, 2.05) is 36.2 Å². The smallest absolute Gasteiger partial charge is 0.239 e. The molecule has 0 aliphatic carbocycles. The lowest BCUT2D eigenvalue weighted by Crippen LogP contribution is -2.48. The number of oxime groups is 1. The molecule has 1 fully saturated rings. The molecule has 1 heterocycles. The fourth-order valence-electron chi connectivity index (χ4n) is 2.89. The number of likely N-dealkylation sites (N-methyl/N-ethyl adjacent to an activating group) is 1. The minimum absolute atomic E-state index is 0. The second kappa shape index (κ2) is 11.4. The van der Waals surface area contributed by atoms with Gasteiger partial charge in [-0.2, -0.15) is 0 Å². The van der Waals surface area contributed by atoms with E-state index in [-0.39, 0.29) is 24.4 Å². The van der Waals surface area contributed by atoms with E-state index in [1.165, 1.54) is 0 Å². The standard InChI is InChI=1S/C19H28ClN3O2.ClH/c1-14(2)12-18(21-3)19(24)23-10-8-17(9-11-23)22-25-13-15-4-6-16(20)7-5-15;/h4-7,14,18,21H,8-13H2,1-3H3;1H. The van der Waals surface area contributed by atoms with Gasteiger partial charge in [-0.05, 0) is 37.1 Å². The lowest BCUT2D eigenvalue weighted by Gasteiger charge is -2.31. The Balaban J connectivity index is 0.00000338. The number of likely N-dealkylation sites (tertiary alicyclic amines) is 1. The van der Waals surface area contributed by atoms with Gasteiger partial charge in [0.25, 0.3) is 0 Å². The molecule has 1 unspecified atom stereocenters. The van der Waals surface area contributed by atoms with Gasteiger partial charge in [0, 0.05) is 31.0 Å². The first-order valence-electron chi connectivity index (χ1n) is 8.87. The molecular weight excluding hydrogens is 373 g/mol. The predicted octanol–water partition coefficient (Wildman–Crippen LogP) is 3.89. The van der Waals surface area contributed by atoms with E-state index in [9.17, 15) is 4.79 Å². The van der Waals surface area contributed by atoms with Gasteiger partial charge in [-0.1, -0.05) is 42.7 Å². The van der Waals surface area contributed by atoms with Crippen LogP contribution in [-0.4, -0.2) is 42.7 Å². The first-order chi connectivity index (χ1) is 12.0. The molecule has 0 saturated carbocycles. The summed E-state index contributed by atoms with van der Waals surface area (Å²) >= 11 is 5.86. The minimum atomic E-state index is -0.0976. The second-order valence-corrected chi connectivity index (χ2v) is 7.29. The van der Waals surface area contributed by atoms with E-state index in [4.69, 9.17) is 16.4 Å². The first-order valence-corrected chi connectivity index (χ1v) is 9.25. The Morgan fingerprint density at radius 3 is 2.42 bits per heavy atom. The van der Waals surface area contributed by atoms with Crippen molar-refractivity contribution in [1.82, 2.24) is 10.2 Å². The number of carbonyl (C=O) groups excluding carboxylic acids is 1. The average molecular weight is 402 g/mol. The lowest BCUT2D eigenvalue weighted by atomic mass is 10.0. The number of piperidine rings is 1. The van der Waals surface area contributed by atoms with E-state index >= 15 is 0 Å². The topological polar surface area (TPSA) is 53.9 Å². The summed E-state index contributed by atoms with van der Waals surface area (Å²) in [6.45, 7) is 6.11. The number of carbonyl (C=O) groups is 1. The zero-order chi connectivity index (χ0) is 18.2. The van der Waals surface area contributed by atoms with E-state index in [1.54, 1.807) is 0 Å². The number of halogens is 2. The highest BCUT2D eigenvalue weighted by atomic mass is 35.5. The molecular formula is C19H29Cl2N3O2. The number of amides is 1. The molecule has 0 bridgehead atoms. The van der Waals surface area contributed by atoms with Gasteiger partial charge < -0.3 is 15.1 Å². The molecule has 26 heavy (non-hydrogen) atoms.